The van der Waals surface area contributed by atoms with E-state index in [2.05, 4.69) is 29.6 Å². The van der Waals surface area contributed by atoms with Gasteiger partial charge in [0.05, 0.1) is 6.04 Å². The number of piperidine rings is 1. The minimum atomic E-state index is -0.506. The van der Waals surface area contributed by atoms with Gasteiger partial charge in [-0.05, 0) is 68.7 Å². The Hall–Kier alpha value is -3.54. The number of nitrogens with one attached hydrogen (secondary N) is 1. The number of hydrogen-bond acceptors (Lipinski definition) is 4. The van der Waals surface area contributed by atoms with Gasteiger partial charge in [-0.25, -0.2) is 4.79 Å². The van der Waals surface area contributed by atoms with E-state index in [1.54, 1.807) is 4.90 Å². The lowest BCUT2D eigenvalue weighted by molar-refractivity contribution is 0.0126. The molecule has 1 atom stereocenters. The van der Waals surface area contributed by atoms with Crippen LogP contribution in [0.2, 0.25) is 0 Å². The highest BCUT2D eigenvalue weighted by Gasteiger charge is 2.28. The molecule has 6 heteroatoms. The molecule has 1 saturated heterocycles. The maximum Gasteiger partial charge on any atom is 0.410 e. The summed E-state index contributed by atoms with van der Waals surface area (Å²) in [4.78, 5) is 27.3. The van der Waals surface area contributed by atoms with Crippen LogP contribution in [0.3, 0.4) is 0 Å². The van der Waals surface area contributed by atoms with Gasteiger partial charge in [-0.3, -0.25) is 4.79 Å². The number of nitrogens with zero attached hydrogens (tertiary/aromatic N) is 1. The van der Waals surface area contributed by atoms with E-state index in [0.717, 1.165) is 21.9 Å². The van der Waals surface area contributed by atoms with Crippen LogP contribution in [0, 0.1) is 6.92 Å². The van der Waals surface area contributed by atoms with Crippen LogP contribution in [-0.2, 0) is 4.74 Å². The average Bonchev–Trinajstić information content (AvgIpc) is 2.84. The van der Waals surface area contributed by atoms with Crippen LogP contribution in [0.5, 0.6) is 5.75 Å². The highest BCUT2D eigenvalue weighted by Crippen LogP contribution is 2.26. The Balaban J connectivity index is 1.39. The molecule has 190 valence electrons. The van der Waals surface area contributed by atoms with Crippen molar-refractivity contribution in [3.8, 4) is 5.75 Å². The van der Waals surface area contributed by atoms with Gasteiger partial charge < -0.3 is 19.7 Å². The van der Waals surface area contributed by atoms with Gasteiger partial charge in [0, 0.05) is 31.5 Å². The van der Waals surface area contributed by atoms with Gasteiger partial charge in [-0.15, -0.1) is 0 Å². The van der Waals surface area contributed by atoms with E-state index in [4.69, 9.17) is 9.47 Å². The topological polar surface area (TPSA) is 67.9 Å². The van der Waals surface area contributed by atoms with E-state index < -0.39 is 5.60 Å². The summed E-state index contributed by atoms with van der Waals surface area (Å²) in [5.41, 5.74) is 2.08. The van der Waals surface area contributed by atoms with E-state index in [0.29, 0.717) is 37.2 Å². The summed E-state index contributed by atoms with van der Waals surface area (Å²) in [5.74, 6) is 0.539. The maximum atomic E-state index is 13.2. The minimum absolute atomic E-state index is 0.0167. The van der Waals surface area contributed by atoms with Crippen molar-refractivity contribution in [3.63, 3.8) is 0 Å². The quantitative estimate of drug-likeness (QED) is 0.450. The Morgan fingerprint density at radius 1 is 1.00 bits per heavy atom. The van der Waals surface area contributed by atoms with E-state index in [1.165, 1.54) is 0 Å². The number of likely N-dealkylation sites (tertiary alicyclic amines) is 1. The first-order valence-electron chi connectivity index (χ1n) is 12.6. The first-order valence-corrected chi connectivity index (χ1v) is 12.6. The molecule has 3 aromatic carbocycles. The molecule has 0 aromatic heterocycles. The first-order chi connectivity index (χ1) is 17.1. The maximum absolute atomic E-state index is 13.2. The van der Waals surface area contributed by atoms with Crippen molar-refractivity contribution < 1.29 is 19.1 Å². The van der Waals surface area contributed by atoms with Crippen LogP contribution in [0.15, 0.2) is 60.7 Å². The van der Waals surface area contributed by atoms with Crippen molar-refractivity contribution in [1.82, 2.24) is 10.2 Å². The molecular weight excluding hydrogens is 452 g/mol. The van der Waals surface area contributed by atoms with Crippen molar-refractivity contribution in [2.75, 3.05) is 13.1 Å². The smallest absolute Gasteiger partial charge is 0.410 e. The molecule has 6 nitrogen and oxygen atoms in total. The molecule has 3 aromatic rings. The van der Waals surface area contributed by atoms with E-state index in [9.17, 15) is 9.59 Å². The summed E-state index contributed by atoms with van der Waals surface area (Å²) in [5, 5.41) is 5.45. The van der Waals surface area contributed by atoms with Crippen LogP contribution in [-0.4, -0.2) is 41.7 Å². The lowest BCUT2D eigenvalue weighted by Crippen LogP contribution is -2.44. The van der Waals surface area contributed by atoms with Crippen LogP contribution in [0.4, 0.5) is 4.79 Å². The number of carbonyl (C=O) groups is 2. The Labute approximate surface area is 213 Å². The molecule has 36 heavy (non-hydrogen) atoms. The van der Waals surface area contributed by atoms with Gasteiger partial charge >= 0.3 is 6.09 Å². The number of fused-ring (bicyclic) bond motifs is 1. The number of rotatable bonds is 5. The predicted molar refractivity (Wildman–Crippen MR) is 142 cm³/mol. The molecule has 0 bridgehead atoms. The van der Waals surface area contributed by atoms with Crippen molar-refractivity contribution in [3.05, 3.63) is 77.4 Å². The zero-order valence-electron chi connectivity index (χ0n) is 21.8. The molecule has 1 N–H and O–H groups in total. The summed E-state index contributed by atoms with van der Waals surface area (Å²) >= 11 is 0. The zero-order valence-corrected chi connectivity index (χ0v) is 21.8. The third kappa shape index (κ3) is 6.17. The van der Waals surface area contributed by atoms with Crippen molar-refractivity contribution in [1.29, 1.82) is 0 Å². The third-order valence-corrected chi connectivity index (χ3v) is 6.49. The van der Waals surface area contributed by atoms with Gasteiger partial charge in [0.1, 0.15) is 17.5 Å². The number of benzene rings is 3. The normalized spacial score (nSPS) is 15.4. The van der Waals surface area contributed by atoms with Gasteiger partial charge in [0.2, 0.25) is 0 Å². The summed E-state index contributed by atoms with van der Waals surface area (Å²) in [6, 6.07) is 19.9. The fourth-order valence-electron chi connectivity index (χ4n) is 4.57. The van der Waals surface area contributed by atoms with Gasteiger partial charge in [0.15, 0.2) is 0 Å². The van der Waals surface area contributed by atoms with Gasteiger partial charge in [0.25, 0.3) is 5.91 Å². The first kappa shape index (κ1) is 25.5. The monoisotopic (exact) mass is 488 g/mol. The summed E-state index contributed by atoms with van der Waals surface area (Å²) in [7, 11) is 0. The number of aryl methyl sites for hydroxylation is 1. The Kier molecular flexibility index (Phi) is 7.53. The summed E-state index contributed by atoms with van der Waals surface area (Å²) < 4.78 is 11.7. The molecule has 1 aliphatic heterocycles. The van der Waals surface area contributed by atoms with Gasteiger partial charge in [-0.1, -0.05) is 48.5 Å². The van der Waals surface area contributed by atoms with Crippen molar-refractivity contribution >= 4 is 22.8 Å². The van der Waals surface area contributed by atoms with Crippen LogP contribution in [0.25, 0.3) is 10.8 Å². The molecule has 1 fully saturated rings. The molecule has 1 heterocycles. The minimum Gasteiger partial charge on any atom is -0.490 e. The second-order valence-electron chi connectivity index (χ2n) is 10.5. The molecule has 0 radical (unpaired) electrons. The van der Waals surface area contributed by atoms with Gasteiger partial charge in [-0.2, -0.15) is 0 Å². The van der Waals surface area contributed by atoms with E-state index in [1.807, 2.05) is 71.0 Å². The molecule has 0 saturated carbocycles. The lowest BCUT2D eigenvalue weighted by Gasteiger charge is -2.33. The zero-order chi connectivity index (χ0) is 25.9. The lowest BCUT2D eigenvalue weighted by atomic mass is 9.99. The number of amides is 2. The molecule has 0 unspecified atom stereocenters. The number of hydrogen-bond donors (Lipinski definition) is 1. The van der Waals surface area contributed by atoms with E-state index in [-0.39, 0.29) is 24.1 Å². The third-order valence-electron chi connectivity index (χ3n) is 6.49. The SMILES string of the molecule is Cc1ccc(OC2CCN(C(=O)OC(C)(C)C)CC2)cc1C(=O)N[C@H](C)c1cccc2ccccc12. The average molecular weight is 489 g/mol. The Morgan fingerprint density at radius 2 is 1.69 bits per heavy atom. The molecule has 4 rings (SSSR count). The van der Waals surface area contributed by atoms with Crippen LogP contribution < -0.4 is 10.1 Å². The van der Waals surface area contributed by atoms with Crippen molar-refractivity contribution in [2.24, 2.45) is 0 Å². The fourth-order valence-corrected chi connectivity index (χ4v) is 4.57. The molecule has 0 spiro atoms. The summed E-state index contributed by atoms with van der Waals surface area (Å²) in [6.45, 7) is 10.7. The Morgan fingerprint density at radius 3 is 2.42 bits per heavy atom. The second kappa shape index (κ2) is 10.6. The van der Waals surface area contributed by atoms with Crippen LogP contribution >= 0.6 is 0 Å². The van der Waals surface area contributed by atoms with Crippen LogP contribution in [0.1, 0.15) is 68.1 Å². The Bertz CT molecular complexity index is 1230. The second-order valence-corrected chi connectivity index (χ2v) is 10.5. The molecule has 1 aliphatic rings. The largest absolute Gasteiger partial charge is 0.490 e. The standard InChI is InChI=1S/C30H36N2O4/c1-20-13-14-24(35-23-15-17-32(18-16-23)29(34)36-30(3,4)5)19-27(20)28(33)31-21(2)25-12-8-10-22-9-6-7-11-26(22)25/h6-14,19,21,23H,15-18H2,1-5H3,(H,31,33)/t21-/m1/s1. The summed E-state index contributed by atoms with van der Waals surface area (Å²) in [6.07, 6.45) is 1.13. The number of carbonyl (C=O) groups excluding carboxylic acids is 2. The highest BCUT2D eigenvalue weighted by molar-refractivity contribution is 5.96. The van der Waals surface area contributed by atoms with E-state index >= 15 is 0 Å². The highest BCUT2D eigenvalue weighted by atomic mass is 16.6. The predicted octanol–water partition coefficient (Wildman–Crippen LogP) is 6.42. The molecular formula is C30H36N2O4. The molecule has 2 amide bonds. The van der Waals surface area contributed by atoms with Crippen molar-refractivity contribution in [2.45, 2.75) is 65.2 Å². The fraction of sp³-hybridized carbons (Fsp3) is 0.400. The number of ether oxygens (including phenoxy) is 2. The molecule has 0 aliphatic carbocycles.